The minimum Gasteiger partial charge on any atom is -0.489 e. The Balaban J connectivity index is 1.58. The Morgan fingerprint density at radius 3 is 2.68 bits per heavy atom. The van der Waals surface area contributed by atoms with Crippen LogP contribution in [0.25, 0.3) is 22.7 Å². The van der Waals surface area contributed by atoms with Crippen LogP contribution in [0.2, 0.25) is 10.0 Å². The standard InChI is InChI=1S/C25H19Cl2N3O/c1-15-8-23-24(9-16(15)2)30-25(29-23)19(13-28)10-17-4-3-5-21(11-17)31-14-18-6-7-20(26)12-22(18)27/h3-12H,14H2,1-2H3,(H,29,30)/b19-10+. The van der Waals surface area contributed by atoms with Crippen molar-refractivity contribution in [1.82, 2.24) is 9.97 Å². The number of hydrogen-bond donors (Lipinski definition) is 1. The molecule has 0 unspecified atom stereocenters. The molecule has 0 saturated heterocycles. The van der Waals surface area contributed by atoms with Gasteiger partial charge in [0.25, 0.3) is 0 Å². The number of H-pyrrole nitrogens is 1. The van der Waals surface area contributed by atoms with Crippen LogP contribution in [0, 0.1) is 25.2 Å². The first kappa shape index (κ1) is 21.0. The molecular weight excluding hydrogens is 429 g/mol. The van der Waals surface area contributed by atoms with Gasteiger partial charge in [-0.2, -0.15) is 5.26 Å². The van der Waals surface area contributed by atoms with Crippen molar-refractivity contribution in [3.8, 4) is 11.8 Å². The van der Waals surface area contributed by atoms with Crippen molar-refractivity contribution >= 4 is 45.9 Å². The molecule has 0 aliphatic rings. The molecule has 0 saturated carbocycles. The summed E-state index contributed by atoms with van der Waals surface area (Å²) in [6, 6.07) is 19.2. The highest BCUT2D eigenvalue weighted by molar-refractivity contribution is 6.35. The van der Waals surface area contributed by atoms with Gasteiger partial charge in [0.2, 0.25) is 0 Å². The minimum atomic E-state index is 0.316. The number of fused-ring (bicyclic) bond motifs is 1. The molecule has 1 aromatic heterocycles. The summed E-state index contributed by atoms with van der Waals surface area (Å²) in [7, 11) is 0. The molecule has 0 radical (unpaired) electrons. The third-order valence-corrected chi connectivity index (χ3v) is 5.64. The van der Waals surface area contributed by atoms with Crippen molar-refractivity contribution in [1.29, 1.82) is 5.26 Å². The quantitative estimate of drug-likeness (QED) is 0.331. The predicted molar refractivity (Wildman–Crippen MR) is 126 cm³/mol. The highest BCUT2D eigenvalue weighted by Crippen LogP contribution is 2.25. The number of aromatic amines is 1. The van der Waals surface area contributed by atoms with Crippen molar-refractivity contribution in [3.63, 3.8) is 0 Å². The van der Waals surface area contributed by atoms with E-state index >= 15 is 0 Å². The number of ether oxygens (including phenoxy) is 1. The van der Waals surface area contributed by atoms with Gasteiger partial charge in [-0.25, -0.2) is 4.98 Å². The summed E-state index contributed by atoms with van der Waals surface area (Å²) < 4.78 is 5.89. The molecular formula is C25H19Cl2N3O. The van der Waals surface area contributed by atoms with E-state index in [1.54, 1.807) is 18.2 Å². The fourth-order valence-electron chi connectivity index (χ4n) is 3.21. The van der Waals surface area contributed by atoms with Crippen molar-refractivity contribution in [2.24, 2.45) is 0 Å². The number of imidazole rings is 1. The lowest BCUT2D eigenvalue weighted by Gasteiger charge is -2.09. The fraction of sp³-hybridized carbons (Fsp3) is 0.120. The molecule has 0 spiro atoms. The second kappa shape index (κ2) is 8.85. The van der Waals surface area contributed by atoms with Crippen LogP contribution in [0.1, 0.15) is 28.1 Å². The first-order valence-corrected chi connectivity index (χ1v) is 10.4. The van der Waals surface area contributed by atoms with Gasteiger partial charge in [-0.3, -0.25) is 0 Å². The number of nitrogens with zero attached hydrogens (tertiary/aromatic N) is 2. The molecule has 1 N–H and O–H groups in total. The van der Waals surface area contributed by atoms with Crippen LogP contribution in [-0.4, -0.2) is 9.97 Å². The number of aromatic nitrogens is 2. The highest BCUT2D eigenvalue weighted by atomic mass is 35.5. The molecule has 4 aromatic rings. The Morgan fingerprint density at radius 2 is 1.90 bits per heavy atom. The second-order valence-electron chi connectivity index (χ2n) is 7.31. The zero-order chi connectivity index (χ0) is 22.0. The van der Waals surface area contributed by atoms with Gasteiger partial charge < -0.3 is 9.72 Å². The van der Waals surface area contributed by atoms with Gasteiger partial charge in [-0.05, 0) is 73.0 Å². The predicted octanol–water partition coefficient (Wildman–Crippen LogP) is 7.13. The average Bonchev–Trinajstić information content (AvgIpc) is 3.14. The van der Waals surface area contributed by atoms with E-state index in [-0.39, 0.29) is 0 Å². The molecule has 31 heavy (non-hydrogen) atoms. The van der Waals surface area contributed by atoms with E-state index in [2.05, 4.69) is 23.0 Å². The lowest BCUT2D eigenvalue weighted by atomic mass is 10.1. The van der Waals surface area contributed by atoms with E-state index in [1.165, 1.54) is 11.1 Å². The van der Waals surface area contributed by atoms with E-state index in [0.29, 0.717) is 33.8 Å². The summed E-state index contributed by atoms with van der Waals surface area (Å²) in [5.41, 5.74) is 6.23. The smallest absolute Gasteiger partial charge is 0.149 e. The minimum absolute atomic E-state index is 0.316. The van der Waals surface area contributed by atoms with Gasteiger partial charge >= 0.3 is 0 Å². The van der Waals surface area contributed by atoms with Crippen molar-refractivity contribution in [2.45, 2.75) is 20.5 Å². The largest absolute Gasteiger partial charge is 0.489 e. The van der Waals surface area contributed by atoms with Gasteiger partial charge in [0.15, 0.2) is 0 Å². The zero-order valence-electron chi connectivity index (χ0n) is 17.0. The SMILES string of the molecule is Cc1cc2nc(/C(C#N)=C/c3cccc(OCc4ccc(Cl)cc4Cl)c3)[nH]c2cc1C. The molecule has 6 heteroatoms. The van der Waals surface area contributed by atoms with Crippen LogP contribution in [0.15, 0.2) is 54.6 Å². The Bertz CT molecular complexity index is 1310. The van der Waals surface area contributed by atoms with E-state index in [4.69, 9.17) is 27.9 Å². The topological polar surface area (TPSA) is 61.7 Å². The van der Waals surface area contributed by atoms with E-state index in [9.17, 15) is 5.26 Å². The normalized spacial score (nSPS) is 11.5. The first-order valence-electron chi connectivity index (χ1n) is 9.69. The van der Waals surface area contributed by atoms with Gasteiger partial charge in [-0.1, -0.05) is 41.4 Å². The molecule has 154 valence electrons. The van der Waals surface area contributed by atoms with Crippen LogP contribution >= 0.6 is 23.2 Å². The number of benzene rings is 3. The Kier molecular flexibility index (Phi) is 5.99. The highest BCUT2D eigenvalue weighted by Gasteiger charge is 2.10. The summed E-state index contributed by atoms with van der Waals surface area (Å²) in [5.74, 6) is 1.22. The number of nitriles is 1. The molecule has 1 heterocycles. The summed E-state index contributed by atoms with van der Waals surface area (Å²) in [6.07, 6.45) is 1.79. The van der Waals surface area contributed by atoms with Crippen molar-refractivity contribution < 1.29 is 4.74 Å². The van der Waals surface area contributed by atoms with Crippen LogP contribution in [0.5, 0.6) is 5.75 Å². The summed E-state index contributed by atoms with van der Waals surface area (Å²) in [6.45, 7) is 4.42. The third kappa shape index (κ3) is 4.74. The number of rotatable bonds is 5. The van der Waals surface area contributed by atoms with Crippen LogP contribution < -0.4 is 4.74 Å². The van der Waals surface area contributed by atoms with E-state index < -0.39 is 0 Å². The Labute approximate surface area is 190 Å². The molecule has 0 atom stereocenters. The second-order valence-corrected chi connectivity index (χ2v) is 8.15. The fourth-order valence-corrected chi connectivity index (χ4v) is 3.67. The maximum atomic E-state index is 9.71. The molecule has 3 aromatic carbocycles. The molecule has 0 aliphatic carbocycles. The van der Waals surface area contributed by atoms with Gasteiger partial charge in [0.1, 0.15) is 24.3 Å². The van der Waals surface area contributed by atoms with Crippen LogP contribution in [0.4, 0.5) is 0 Å². The number of hydrogen-bond acceptors (Lipinski definition) is 3. The number of halogens is 2. The molecule has 0 amide bonds. The number of aryl methyl sites for hydroxylation is 2. The Morgan fingerprint density at radius 1 is 1.10 bits per heavy atom. The molecule has 0 aliphatic heterocycles. The first-order chi connectivity index (χ1) is 14.9. The van der Waals surface area contributed by atoms with Gasteiger partial charge in [-0.15, -0.1) is 0 Å². The van der Waals surface area contributed by atoms with Gasteiger partial charge in [0.05, 0.1) is 16.6 Å². The molecule has 0 bridgehead atoms. The lowest BCUT2D eigenvalue weighted by Crippen LogP contribution is -1.96. The van der Waals surface area contributed by atoms with Crippen molar-refractivity contribution in [3.05, 3.63) is 92.7 Å². The number of allylic oxidation sites excluding steroid dienone is 1. The summed E-state index contributed by atoms with van der Waals surface area (Å²) in [4.78, 5) is 7.84. The zero-order valence-corrected chi connectivity index (χ0v) is 18.6. The molecule has 4 rings (SSSR count). The lowest BCUT2D eigenvalue weighted by molar-refractivity contribution is 0.306. The molecule has 4 nitrogen and oxygen atoms in total. The van der Waals surface area contributed by atoms with Crippen molar-refractivity contribution in [2.75, 3.05) is 0 Å². The molecule has 0 fully saturated rings. The maximum absolute atomic E-state index is 9.71. The third-order valence-electron chi connectivity index (χ3n) is 5.05. The Hall–Kier alpha value is -3.26. The van der Waals surface area contributed by atoms with Gasteiger partial charge in [0, 0.05) is 15.6 Å². The monoisotopic (exact) mass is 447 g/mol. The van der Waals surface area contributed by atoms with Crippen LogP contribution in [0.3, 0.4) is 0 Å². The van der Waals surface area contributed by atoms with Crippen LogP contribution in [-0.2, 0) is 6.61 Å². The summed E-state index contributed by atoms with van der Waals surface area (Å²) >= 11 is 12.2. The van der Waals surface area contributed by atoms with E-state index in [0.717, 1.165) is 22.2 Å². The summed E-state index contributed by atoms with van der Waals surface area (Å²) in [5, 5.41) is 10.9. The number of nitrogens with one attached hydrogen (secondary N) is 1. The van der Waals surface area contributed by atoms with E-state index in [1.807, 2.05) is 49.4 Å². The maximum Gasteiger partial charge on any atom is 0.149 e. The average molecular weight is 448 g/mol.